The first-order valence-corrected chi connectivity index (χ1v) is 7.30. The minimum Gasteiger partial charge on any atom is -0.497 e. The number of fused-ring (bicyclic) bond motifs is 1. The van der Waals surface area contributed by atoms with Crippen LogP contribution in [0.15, 0.2) is 24.3 Å². The molecule has 1 aliphatic rings. The SMILES string of the molecule is COc1ccc2[nH]c(C(=O)NC[C@H]3CCC[C@@H]3O)cc2c1. The number of aliphatic hydroxyl groups excluding tert-OH is 1. The second kappa shape index (κ2) is 5.77. The van der Waals surface area contributed by atoms with Gasteiger partial charge in [-0.1, -0.05) is 6.42 Å². The molecule has 21 heavy (non-hydrogen) atoms. The normalized spacial score (nSPS) is 21.6. The van der Waals surface area contributed by atoms with Crippen molar-refractivity contribution in [3.05, 3.63) is 30.0 Å². The summed E-state index contributed by atoms with van der Waals surface area (Å²) >= 11 is 0. The van der Waals surface area contributed by atoms with Crippen molar-refractivity contribution in [3.63, 3.8) is 0 Å². The monoisotopic (exact) mass is 288 g/mol. The fourth-order valence-corrected chi connectivity index (χ4v) is 2.93. The molecule has 0 spiro atoms. The highest BCUT2D eigenvalue weighted by atomic mass is 16.5. The maximum atomic E-state index is 12.2. The van der Waals surface area contributed by atoms with E-state index in [9.17, 15) is 9.90 Å². The lowest BCUT2D eigenvalue weighted by atomic mass is 10.1. The average Bonchev–Trinajstić information content (AvgIpc) is 3.09. The Morgan fingerprint density at radius 2 is 2.29 bits per heavy atom. The minimum atomic E-state index is -0.280. The van der Waals surface area contributed by atoms with E-state index in [1.165, 1.54) is 0 Å². The molecule has 1 fully saturated rings. The largest absolute Gasteiger partial charge is 0.497 e. The van der Waals surface area contributed by atoms with Crippen molar-refractivity contribution < 1.29 is 14.6 Å². The molecule has 0 bridgehead atoms. The minimum absolute atomic E-state index is 0.135. The van der Waals surface area contributed by atoms with Gasteiger partial charge in [-0.2, -0.15) is 0 Å². The second-order valence-corrected chi connectivity index (χ2v) is 5.60. The van der Waals surface area contributed by atoms with Crippen molar-refractivity contribution in [2.75, 3.05) is 13.7 Å². The van der Waals surface area contributed by atoms with Crippen LogP contribution in [-0.2, 0) is 0 Å². The Balaban J connectivity index is 1.69. The molecule has 1 aromatic carbocycles. The Hall–Kier alpha value is -2.01. The van der Waals surface area contributed by atoms with Crippen LogP contribution in [0.5, 0.6) is 5.75 Å². The molecule has 5 heteroatoms. The molecule has 0 aliphatic heterocycles. The third-order valence-electron chi connectivity index (χ3n) is 4.22. The van der Waals surface area contributed by atoms with Crippen molar-refractivity contribution in [2.24, 2.45) is 5.92 Å². The second-order valence-electron chi connectivity index (χ2n) is 5.60. The van der Waals surface area contributed by atoms with Crippen LogP contribution in [0.1, 0.15) is 29.8 Å². The lowest BCUT2D eigenvalue weighted by Gasteiger charge is -2.14. The number of amides is 1. The maximum Gasteiger partial charge on any atom is 0.267 e. The van der Waals surface area contributed by atoms with E-state index in [4.69, 9.17) is 4.74 Å². The number of benzene rings is 1. The van der Waals surface area contributed by atoms with Gasteiger partial charge in [-0.3, -0.25) is 4.79 Å². The molecule has 3 rings (SSSR count). The quantitative estimate of drug-likeness (QED) is 0.806. The number of carbonyl (C=O) groups is 1. The van der Waals surface area contributed by atoms with Gasteiger partial charge in [-0.25, -0.2) is 0 Å². The van der Waals surface area contributed by atoms with E-state index in [1.54, 1.807) is 7.11 Å². The molecule has 2 aromatic rings. The molecule has 2 atom stereocenters. The van der Waals surface area contributed by atoms with Gasteiger partial charge in [0.05, 0.1) is 13.2 Å². The maximum absolute atomic E-state index is 12.2. The first-order valence-electron chi connectivity index (χ1n) is 7.30. The molecule has 1 aromatic heterocycles. The number of nitrogens with one attached hydrogen (secondary N) is 2. The number of rotatable bonds is 4. The summed E-state index contributed by atoms with van der Waals surface area (Å²) in [5.41, 5.74) is 1.44. The van der Waals surface area contributed by atoms with E-state index in [0.717, 1.165) is 35.9 Å². The van der Waals surface area contributed by atoms with Gasteiger partial charge in [0.25, 0.3) is 5.91 Å². The van der Waals surface area contributed by atoms with Gasteiger partial charge in [0.15, 0.2) is 0 Å². The topological polar surface area (TPSA) is 74.4 Å². The van der Waals surface area contributed by atoms with Gasteiger partial charge in [-0.05, 0) is 37.1 Å². The Morgan fingerprint density at radius 3 is 3.00 bits per heavy atom. The highest BCUT2D eigenvalue weighted by Gasteiger charge is 2.25. The van der Waals surface area contributed by atoms with Crippen molar-refractivity contribution in [1.82, 2.24) is 10.3 Å². The third-order valence-corrected chi connectivity index (χ3v) is 4.22. The molecular weight excluding hydrogens is 268 g/mol. The van der Waals surface area contributed by atoms with Gasteiger partial charge in [0.1, 0.15) is 11.4 Å². The van der Waals surface area contributed by atoms with Gasteiger partial charge in [0, 0.05) is 23.4 Å². The number of carbonyl (C=O) groups excluding carboxylic acids is 1. The van der Waals surface area contributed by atoms with Crippen molar-refractivity contribution >= 4 is 16.8 Å². The Morgan fingerprint density at radius 1 is 1.43 bits per heavy atom. The van der Waals surface area contributed by atoms with Crippen LogP contribution in [0.3, 0.4) is 0 Å². The fraction of sp³-hybridized carbons (Fsp3) is 0.438. The van der Waals surface area contributed by atoms with Gasteiger partial charge in [0.2, 0.25) is 0 Å². The van der Waals surface area contributed by atoms with E-state index in [-0.39, 0.29) is 17.9 Å². The van der Waals surface area contributed by atoms with Gasteiger partial charge in [-0.15, -0.1) is 0 Å². The highest BCUT2D eigenvalue weighted by Crippen LogP contribution is 2.25. The van der Waals surface area contributed by atoms with Crippen LogP contribution in [-0.4, -0.2) is 35.8 Å². The molecule has 0 radical (unpaired) electrons. The third kappa shape index (κ3) is 2.88. The molecule has 3 N–H and O–H groups in total. The van der Waals surface area contributed by atoms with Crippen LogP contribution in [0, 0.1) is 5.92 Å². The number of hydrogen-bond donors (Lipinski definition) is 3. The van der Waals surface area contributed by atoms with Crippen LogP contribution >= 0.6 is 0 Å². The number of H-pyrrole nitrogens is 1. The van der Waals surface area contributed by atoms with E-state index in [0.29, 0.717) is 12.2 Å². The first-order chi connectivity index (χ1) is 10.2. The van der Waals surface area contributed by atoms with Crippen LogP contribution in [0.4, 0.5) is 0 Å². The number of aromatic amines is 1. The van der Waals surface area contributed by atoms with Gasteiger partial charge < -0.3 is 20.1 Å². The Labute approximate surface area is 123 Å². The van der Waals surface area contributed by atoms with E-state index in [1.807, 2.05) is 24.3 Å². The first kappa shape index (κ1) is 13.9. The summed E-state index contributed by atoms with van der Waals surface area (Å²) < 4.78 is 5.18. The summed E-state index contributed by atoms with van der Waals surface area (Å²) in [5.74, 6) is 0.810. The molecule has 1 amide bonds. The standard InChI is InChI=1S/C16H20N2O3/c1-21-12-5-6-13-11(7-12)8-14(18-13)16(20)17-9-10-3-2-4-15(10)19/h5-8,10,15,18-19H,2-4,9H2,1H3,(H,17,20)/t10-,15+/m1/s1. The van der Waals surface area contributed by atoms with Crippen LogP contribution < -0.4 is 10.1 Å². The number of hydrogen-bond acceptors (Lipinski definition) is 3. The Bertz CT molecular complexity index is 650. The zero-order valence-corrected chi connectivity index (χ0v) is 12.1. The highest BCUT2D eigenvalue weighted by molar-refractivity contribution is 5.98. The predicted molar refractivity (Wildman–Crippen MR) is 80.5 cm³/mol. The molecule has 0 saturated heterocycles. The van der Waals surface area contributed by atoms with Gasteiger partial charge >= 0.3 is 0 Å². The predicted octanol–water partition coefficient (Wildman–Crippen LogP) is 2.07. The summed E-state index contributed by atoms with van der Waals surface area (Å²) in [7, 11) is 1.62. The lowest BCUT2D eigenvalue weighted by molar-refractivity contribution is 0.0913. The zero-order valence-electron chi connectivity index (χ0n) is 12.1. The molecule has 1 saturated carbocycles. The van der Waals surface area contributed by atoms with Crippen molar-refractivity contribution in [1.29, 1.82) is 0 Å². The van der Waals surface area contributed by atoms with Crippen molar-refractivity contribution in [3.8, 4) is 5.75 Å². The van der Waals surface area contributed by atoms with Crippen LogP contribution in [0.25, 0.3) is 10.9 Å². The molecule has 5 nitrogen and oxygen atoms in total. The summed E-state index contributed by atoms with van der Waals surface area (Å²) in [6.07, 6.45) is 2.57. The summed E-state index contributed by atoms with van der Waals surface area (Å²) in [6, 6.07) is 7.46. The molecule has 1 heterocycles. The lowest BCUT2D eigenvalue weighted by Crippen LogP contribution is -2.32. The summed E-state index contributed by atoms with van der Waals surface area (Å²) in [4.78, 5) is 15.3. The summed E-state index contributed by atoms with van der Waals surface area (Å²) in [6.45, 7) is 0.526. The smallest absolute Gasteiger partial charge is 0.267 e. The van der Waals surface area contributed by atoms with Crippen LogP contribution in [0.2, 0.25) is 0 Å². The molecule has 1 aliphatic carbocycles. The number of methoxy groups -OCH3 is 1. The fourth-order valence-electron chi connectivity index (χ4n) is 2.93. The number of ether oxygens (including phenoxy) is 1. The number of aromatic nitrogens is 1. The molecule has 0 unspecified atom stereocenters. The van der Waals surface area contributed by atoms with E-state index >= 15 is 0 Å². The zero-order chi connectivity index (χ0) is 14.8. The van der Waals surface area contributed by atoms with Crippen molar-refractivity contribution in [2.45, 2.75) is 25.4 Å². The molecule has 112 valence electrons. The van der Waals surface area contributed by atoms with E-state index < -0.39 is 0 Å². The van der Waals surface area contributed by atoms with E-state index in [2.05, 4.69) is 10.3 Å². The summed E-state index contributed by atoms with van der Waals surface area (Å²) in [5, 5.41) is 13.6. The Kier molecular flexibility index (Phi) is 3.84. The molecular formula is C16H20N2O3. The number of aliphatic hydroxyl groups is 1. The average molecular weight is 288 g/mol.